The van der Waals surface area contributed by atoms with Gasteiger partial charge in [0.1, 0.15) is 13.2 Å². The van der Waals surface area contributed by atoms with Crippen LogP contribution in [0.15, 0.2) is 0 Å². The highest BCUT2D eigenvalue weighted by Gasteiger charge is 2.32. The topological polar surface area (TPSA) is 77.1 Å². The first-order chi connectivity index (χ1) is 14.2. The van der Waals surface area contributed by atoms with Gasteiger partial charge in [-0.25, -0.2) is 0 Å². The number of rotatable bonds is 20. The second kappa shape index (κ2) is 15.4. The van der Waals surface area contributed by atoms with Gasteiger partial charge in [-0.05, 0) is 51.1 Å². The maximum atomic E-state index is 11.9. The number of likely N-dealkylation sites (N-methyl/N-ethyl adjacent to an activating group) is 1. The summed E-state index contributed by atoms with van der Waals surface area (Å²) in [7, 11) is -3.38. The molecule has 0 heterocycles. The summed E-state index contributed by atoms with van der Waals surface area (Å²) in [6.45, 7) is 16.2. The molecule has 0 amide bonds. The summed E-state index contributed by atoms with van der Waals surface area (Å²) in [5.41, 5.74) is 0. The summed E-state index contributed by atoms with van der Waals surface area (Å²) < 4.78 is 34.7. The predicted octanol–water partition coefficient (Wildman–Crippen LogP) is 5.00. The Bertz CT molecular complexity index is 520. The monoisotopic (exact) mass is 499 g/mol. The highest BCUT2D eigenvalue weighted by Crippen LogP contribution is 2.37. The summed E-state index contributed by atoms with van der Waals surface area (Å²) in [6.07, 6.45) is 5.62. The minimum Gasteiger partial charge on any atom is -0.756 e. The molecule has 0 aliphatic heterocycles. The zero-order valence-corrected chi connectivity index (χ0v) is 24.4. The van der Waals surface area contributed by atoms with Crippen LogP contribution in [-0.4, -0.2) is 74.7 Å². The van der Waals surface area contributed by atoms with Crippen LogP contribution in [0.2, 0.25) is 38.3 Å². The van der Waals surface area contributed by atoms with Gasteiger partial charge in [0.05, 0.1) is 33.9 Å². The Kier molecular flexibility index (Phi) is 15.6. The van der Waals surface area contributed by atoms with Gasteiger partial charge in [0.25, 0.3) is 7.82 Å². The molecule has 0 aromatic heterocycles. The van der Waals surface area contributed by atoms with Crippen molar-refractivity contribution in [2.24, 2.45) is 0 Å². The number of unbranched alkanes of at least 4 members (excludes halogenated alkanes) is 2. The molecule has 0 bridgehead atoms. The van der Waals surface area contributed by atoms with Crippen molar-refractivity contribution in [1.82, 2.24) is 0 Å². The van der Waals surface area contributed by atoms with Gasteiger partial charge in [-0.3, -0.25) is 4.57 Å². The van der Waals surface area contributed by atoms with E-state index in [1.54, 1.807) is 0 Å². The van der Waals surface area contributed by atoms with Crippen LogP contribution in [0, 0.1) is 0 Å². The maximum absolute atomic E-state index is 11.9. The molecule has 7 nitrogen and oxygen atoms in total. The summed E-state index contributed by atoms with van der Waals surface area (Å²) >= 11 is 0. The molecule has 0 N–H and O–H groups in total. The Morgan fingerprint density at radius 1 is 0.774 bits per heavy atom. The normalized spacial score (nSPS) is 15.3. The van der Waals surface area contributed by atoms with Gasteiger partial charge >= 0.3 is 0 Å². The van der Waals surface area contributed by atoms with Crippen LogP contribution in [-0.2, 0) is 22.5 Å². The van der Waals surface area contributed by atoms with E-state index in [0.717, 1.165) is 36.3 Å². The number of phosphoric acid groups is 1. The molecule has 0 rings (SSSR count). The smallest absolute Gasteiger partial charge is 0.268 e. The molecule has 10 heteroatoms. The number of hydrogen-bond donors (Lipinski definition) is 0. The van der Waals surface area contributed by atoms with Crippen LogP contribution in [0.1, 0.15) is 46.0 Å². The Morgan fingerprint density at radius 3 is 1.90 bits per heavy atom. The first-order valence-corrected chi connectivity index (χ1v) is 19.6. The lowest BCUT2D eigenvalue weighted by Crippen LogP contribution is -2.44. The number of quaternary nitrogens is 1. The number of hydrogen-bond acceptors (Lipinski definition) is 6. The molecule has 0 radical (unpaired) electrons. The predicted molar refractivity (Wildman–Crippen MR) is 132 cm³/mol. The van der Waals surface area contributed by atoms with E-state index in [-0.39, 0.29) is 19.8 Å². The van der Waals surface area contributed by atoms with Crippen molar-refractivity contribution in [1.29, 1.82) is 0 Å². The summed E-state index contributed by atoms with van der Waals surface area (Å²) in [5, 5.41) is 0. The standard InChI is InChI=1S/C21H50NO6PSi2/c1-9-11-14-22(3,4)15-17-26-29(23,24)27-19-18-25-16-13-21-31(7,8)28-30(5,6)20-12-10-2/h9-21H2,1-8H3. The van der Waals surface area contributed by atoms with Crippen LogP contribution >= 0.6 is 7.82 Å². The minimum absolute atomic E-state index is 0.0108. The molecule has 0 aliphatic rings. The van der Waals surface area contributed by atoms with Crippen molar-refractivity contribution >= 4 is 24.5 Å². The first-order valence-electron chi connectivity index (χ1n) is 11.9. The number of nitrogens with zero attached hydrogens (tertiary/aromatic N) is 1. The van der Waals surface area contributed by atoms with Crippen molar-refractivity contribution in [2.45, 2.75) is 84.2 Å². The molecule has 0 saturated heterocycles. The average molecular weight is 500 g/mol. The fourth-order valence-corrected chi connectivity index (χ4v) is 13.2. The van der Waals surface area contributed by atoms with Crippen LogP contribution in [0.3, 0.4) is 0 Å². The second-order valence-electron chi connectivity index (χ2n) is 10.3. The van der Waals surface area contributed by atoms with Crippen molar-refractivity contribution in [3.63, 3.8) is 0 Å². The molecule has 31 heavy (non-hydrogen) atoms. The highest BCUT2D eigenvalue weighted by atomic mass is 31.2. The number of ether oxygens (including phenoxy) is 1. The van der Waals surface area contributed by atoms with Crippen molar-refractivity contribution in [3.05, 3.63) is 0 Å². The van der Waals surface area contributed by atoms with E-state index >= 15 is 0 Å². The zero-order chi connectivity index (χ0) is 24.0. The van der Waals surface area contributed by atoms with Gasteiger partial charge < -0.3 is 27.3 Å². The third kappa shape index (κ3) is 18.5. The first kappa shape index (κ1) is 31.4. The van der Waals surface area contributed by atoms with E-state index in [0.29, 0.717) is 13.2 Å². The molecule has 0 spiro atoms. The third-order valence-corrected chi connectivity index (χ3v) is 13.8. The van der Waals surface area contributed by atoms with Crippen LogP contribution in [0.25, 0.3) is 0 Å². The molecular weight excluding hydrogens is 449 g/mol. The Morgan fingerprint density at radius 2 is 1.32 bits per heavy atom. The maximum Gasteiger partial charge on any atom is 0.268 e. The Hall–Kier alpha value is 0.424. The summed E-state index contributed by atoms with van der Waals surface area (Å²) in [6, 6.07) is 2.27. The lowest BCUT2D eigenvalue weighted by Gasteiger charge is -2.34. The molecule has 1 atom stereocenters. The van der Waals surface area contributed by atoms with Gasteiger partial charge in [-0.15, -0.1) is 0 Å². The van der Waals surface area contributed by atoms with Crippen molar-refractivity contribution < 1.29 is 31.8 Å². The lowest BCUT2D eigenvalue weighted by atomic mass is 10.3. The fourth-order valence-electron chi connectivity index (χ4n) is 3.50. The van der Waals surface area contributed by atoms with Crippen LogP contribution in [0.4, 0.5) is 0 Å². The van der Waals surface area contributed by atoms with Gasteiger partial charge in [0, 0.05) is 6.61 Å². The second-order valence-corrected chi connectivity index (χ2v) is 20.6. The molecule has 188 valence electrons. The molecule has 0 saturated carbocycles. The number of phosphoric ester groups is 1. The van der Waals surface area contributed by atoms with E-state index in [1.807, 2.05) is 0 Å². The zero-order valence-electron chi connectivity index (χ0n) is 21.5. The summed E-state index contributed by atoms with van der Waals surface area (Å²) in [4.78, 5) is 11.9. The highest BCUT2D eigenvalue weighted by molar-refractivity contribution is 7.45. The van der Waals surface area contributed by atoms with Gasteiger partial charge in [-0.1, -0.05) is 33.1 Å². The van der Waals surface area contributed by atoms with E-state index in [4.69, 9.17) is 17.9 Å². The third-order valence-electron chi connectivity index (χ3n) is 5.29. The SMILES string of the molecule is CCCC[N+](C)(C)CCOP(=O)([O-])OCCOCCC[Si](C)(C)O[Si](C)(C)CCCC. The van der Waals surface area contributed by atoms with E-state index in [1.165, 1.54) is 18.9 Å². The van der Waals surface area contributed by atoms with Gasteiger partial charge in [0.2, 0.25) is 0 Å². The van der Waals surface area contributed by atoms with Gasteiger partial charge in [-0.2, -0.15) is 0 Å². The van der Waals surface area contributed by atoms with Crippen molar-refractivity contribution in [2.75, 3.05) is 53.6 Å². The molecule has 0 aromatic carbocycles. The Labute approximate surface area is 194 Å². The molecule has 1 unspecified atom stereocenters. The van der Waals surface area contributed by atoms with E-state index < -0.39 is 24.5 Å². The molecule has 0 fully saturated rings. The Balaban J connectivity index is 3.94. The average Bonchev–Trinajstić information content (AvgIpc) is 2.62. The largest absolute Gasteiger partial charge is 0.756 e. The quantitative estimate of drug-likeness (QED) is 0.102. The lowest BCUT2D eigenvalue weighted by molar-refractivity contribution is -0.890. The molecule has 0 aliphatic carbocycles. The van der Waals surface area contributed by atoms with E-state index in [2.05, 4.69) is 54.1 Å². The van der Waals surface area contributed by atoms with Crippen LogP contribution < -0.4 is 4.89 Å². The minimum atomic E-state index is -4.27. The summed E-state index contributed by atoms with van der Waals surface area (Å²) in [5.74, 6) is 0. The fraction of sp³-hybridized carbons (Fsp3) is 1.00. The molecular formula is C21H50NO6PSi2. The van der Waals surface area contributed by atoms with E-state index in [9.17, 15) is 9.46 Å². The van der Waals surface area contributed by atoms with Gasteiger partial charge in [0.15, 0.2) is 16.6 Å². The van der Waals surface area contributed by atoms with Crippen LogP contribution in [0.5, 0.6) is 0 Å². The molecule has 0 aromatic rings. The van der Waals surface area contributed by atoms with Crippen molar-refractivity contribution in [3.8, 4) is 0 Å².